The van der Waals surface area contributed by atoms with Crippen molar-refractivity contribution in [3.63, 3.8) is 0 Å². The number of primary amides is 1. The number of aliphatic hydroxyl groups excluding tert-OH is 1. The van der Waals surface area contributed by atoms with Crippen LogP contribution >= 0.6 is 0 Å². The molecule has 0 bridgehead atoms. The van der Waals surface area contributed by atoms with Crippen molar-refractivity contribution in [3.05, 3.63) is 29.8 Å². The molecule has 0 aliphatic carbocycles. The van der Waals surface area contributed by atoms with Crippen LogP contribution in [0.15, 0.2) is 29.3 Å². The van der Waals surface area contributed by atoms with Gasteiger partial charge >= 0.3 is 5.97 Å². The number of nitrogens with two attached hydrogens (primary N) is 4. The van der Waals surface area contributed by atoms with E-state index in [0.29, 0.717) is 12.0 Å². The summed E-state index contributed by atoms with van der Waals surface area (Å²) >= 11 is 0. The number of carboxylic acid groups (broad SMARTS) is 1. The number of nitrogens with zero attached hydrogens (tertiary/aromatic N) is 1. The topological polar surface area (TPSA) is 299 Å². The van der Waals surface area contributed by atoms with E-state index in [9.17, 15) is 39.3 Å². The lowest BCUT2D eigenvalue weighted by Gasteiger charge is -2.24. The van der Waals surface area contributed by atoms with Gasteiger partial charge in [0.05, 0.1) is 19.1 Å². The number of aliphatic imine (C=N–C) groups is 1. The van der Waals surface area contributed by atoms with Crippen molar-refractivity contribution in [3.8, 4) is 5.75 Å². The predicted molar refractivity (Wildman–Crippen MR) is 134 cm³/mol. The molecule has 210 valence electrons. The van der Waals surface area contributed by atoms with Crippen LogP contribution < -0.4 is 38.9 Å². The maximum Gasteiger partial charge on any atom is 0.326 e. The Balaban J connectivity index is 2.97. The van der Waals surface area contributed by atoms with E-state index in [1.807, 2.05) is 0 Å². The number of benzene rings is 1. The average Bonchev–Trinajstić information content (AvgIpc) is 2.84. The number of nitrogens with one attached hydrogen (secondary N) is 3. The van der Waals surface area contributed by atoms with Gasteiger partial charge in [0, 0.05) is 13.0 Å². The zero-order valence-corrected chi connectivity index (χ0v) is 20.5. The zero-order valence-electron chi connectivity index (χ0n) is 20.5. The molecule has 14 N–H and O–H groups in total. The van der Waals surface area contributed by atoms with Gasteiger partial charge in [0.15, 0.2) is 5.96 Å². The Morgan fingerprint density at radius 1 is 0.868 bits per heavy atom. The number of guanidine groups is 1. The highest BCUT2D eigenvalue weighted by Crippen LogP contribution is 2.12. The summed E-state index contributed by atoms with van der Waals surface area (Å²) in [5.41, 5.74) is 21.8. The van der Waals surface area contributed by atoms with Gasteiger partial charge in [0.2, 0.25) is 23.6 Å². The van der Waals surface area contributed by atoms with Crippen LogP contribution in [0.1, 0.15) is 24.8 Å². The molecule has 38 heavy (non-hydrogen) atoms. The van der Waals surface area contributed by atoms with Gasteiger partial charge < -0.3 is 54.2 Å². The van der Waals surface area contributed by atoms with Crippen LogP contribution in [0.5, 0.6) is 5.75 Å². The molecule has 0 spiro atoms. The Labute approximate surface area is 217 Å². The number of rotatable bonds is 16. The minimum Gasteiger partial charge on any atom is -0.508 e. The van der Waals surface area contributed by atoms with Crippen LogP contribution in [0.2, 0.25) is 0 Å². The highest BCUT2D eigenvalue weighted by atomic mass is 16.4. The summed E-state index contributed by atoms with van der Waals surface area (Å²) in [7, 11) is 0. The highest BCUT2D eigenvalue weighted by molar-refractivity contribution is 5.95. The van der Waals surface area contributed by atoms with Crippen molar-refractivity contribution in [1.82, 2.24) is 16.0 Å². The number of hydrogen-bond donors (Lipinski definition) is 10. The average molecular weight is 539 g/mol. The fourth-order valence-electron chi connectivity index (χ4n) is 3.15. The fraction of sp³-hybridized carbons (Fsp3) is 0.455. The monoisotopic (exact) mass is 538 g/mol. The summed E-state index contributed by atoms with van der Waals surface area (Å²) < 4.78 is 0. The normalized spacial score (nSPS) is 13.7. The van der Waals surface area contributed by atoms with Crippen LogP contribution in [0.3, 0.4) is 0 Å². The van der Waals surface area contributed by atoms with E-state index in [2.05, 4.69) is 20.9 Å². The molecule has 1 aromatic carbocycles. The molecule has 4 atom stereocenters. The lowest BCUT2D eigenvalue weighted by molar-refractivity contribution is -0.143. The third-order valence-electron chi connectivity index (χ3n) is 5.15. The Kier molecular flexibility index (Phi) is 13.0. The summed E-state index contributed by atoms with van der Waals surface area (Å²) in [6.07, 6.45) is -0.327. The summed E-state index contributed by atoms with van der Waals surface area (Å²) in [6.45, 7) is -0.611. The molecule has 16 nitrogen and oxygen atoms in total. The van der Waals surface area contributed by atoms with Crippen molar-refractivity contribution in [2.24, 2.45) is 27.9 Å². The third kappa shape index (κ3) is 11.5. The van der Waals surface area contributed by atoms with E-state index < -0.39 is 66.8 Å². The maximum absolute atomic E-state index is 12.9. The number of phenols is 1. The molecule has 1 rings (SSSR count). The first kappa shape index (κ1) is 31.6. The van der Waals surface area contributed by atoms with Crippen LogP contribution in [-0.4, -0.2) is 88.2 Å². The van der Waals surface area contributed by atoms with Gasteiger partial charge in [-0.05, 0) is 30.5 Å². The van der Waals surface area contributed by atoms with Crippen molar-refractivity contribution in [2.75, 3.05) is 13.2 Å². The zero-order chi connectivity index (χ0) is 28.8. The van der Waals surface area contributed by atoms with Gasteiger partial charge in [-0.15, -0.1) is 0 Å². The Morgan fingerprint density at radius 2 is 1.42 bits per heavy atom. The molecular formula is C22H34N8O8. The number of aromatic hydroxyl groups is 1. The van der Waals surface area contributed by atoms with Crippen molar-refractivity contribution < 1.29 is 39.3 Å². The molecule has 0 radical (unpaired) electrons. The minimum absolute atomic E-state index is 0.0520. The van der Waals surface area contributed by atoms with Crippen LogP contribution in [-0.2, 0) is 30.4 Å². The lowest BCUT2D eigenvalue weighted by atomic mass is 10.0. The second-order valence-corrected chi connectivity index (χ2v) is 8.30. The number of carbonyl (C=O) groups is 5. The molecule has 0 saturated carbocycles. The number of hydrogen-bond acceptors (Lipinski definition) is 9. The highest BCUT2D eigenvalue weighted by Gasteiger charge is 2.31. The van der Waals surface area contributed by atoms with Crippen LogP contribution in [0, 0.1) is 0 Å². The van der Waals surface area contributed by atoms with E-state index in [0.717, 1.165) is 0 Å². The molecule has 1 aromatic rings. The summed E-state index contributed by atoms with van der Waals surface area (Å²) in [5, 5.41) is 35.2. The summed E-state index contributed by atoms with van der Waals surface area (Å²) in [6, 6.07) is -0.00575. The Bertz CT molecular complexity index is 1010. The number of aliphatic hydroxyl groups is 1. The van der Waals surface area contributed by atoms with Crippen molar-refractivity contribution in [2.45, 2.75) is 49.9 Å². The summed E-state index contributed by atoms with van der Waals surface area (Å²) in [4.78, 5) is 64.5. The first-order chi connectivity index (χ1) is 17.8. The first-order valence-corrected chi connectivity index (χ1v) is 11.5. The van der Waals surface area contributed by atoms with Crippen molar-refractivity contribution in [1.29, 1.82) is 0 Å². The second-order valence-electron chi connectivity index (χ2n) is 8.30. The molecule has 4 unspecified atom stereocenters. The number of aliphatic carboxylic acids is 1. The molecule has 0 saturated heterocycles. The minimum atomic E-state index is -1.66. The molecule has 0 heterocycles. The van der Waals surface area contributed by atoms with E-state index in [1.54, 1.807) is 0 Å². The predicted octanol–water partition coefficient (Wildman–Crippen LogP) is -4.28. The first-order valence-electron chi connectivity index (χ1n) is 11.5. The van der Waals surface area contributed by atoms with Gasteiger partial charge in [-0.1, -0.05) is 12.1 Å². The third-order valence-corrected chi connectivity index (χ3v) is 5.15. The molecule has 0 aliphatic heterocycles. The van der Waals surface area contributed by atoms with Crippen LogP contribution in [0.4, 0.5) is 0 Å². The van der Waals surface area contributed by atoms with Crippen LogP contribution in [0.25, 0.3) is 0 Å². The molecular weight excluding hydrogens is 504 g/mol. The smallest absolute Gasteiger partial charge is 0.326 e. The van der Waals surface area contributed by atoms with Gasteiger partial charge in [-0.3, -0.25) is 24.2 Å². The van der Waals surface area contributed by atoms with E-state index >= 15 is 0 Å². The number of carbonyl (C=O) groups excluding carboxylic acids is 4. The number of carboxylic acids is 1. The SMILES string of the molecule is NC(=O)CC(NC(=O)C(Cc1ccc(O)cc1)NC(=O)C(CO)NC(=O)C(N)CCCN=C(N)N)C(=O)O. The number of amides is 4. The largest absolute Gasteiger partial charge is 0.508 e. The molecule has 0 aromatic heterocycles. The second kappa shape index (κ2) is 15.6. The van der Waals surface area contributed by atoms with E-state index in [4.69, 9.17) is 22.9 Å². The Morgan fingerprint density at radius 3 is 1.95 bits per heavy atom. The quantitative estimate of drug-likeness (QED) is 0.0545. The van der Waals surface area contributed by atoms with Gasteiger partial charge in [-0.25, -0.2) is 4.79 Å². The van der Waals surface area contributed by atoms with Gasteiger partial charge in [0.1, 0.15) is 23.9 Å². The molecule has 0 aliphatic rings. The standard InChI is InChI=1S/C22H34N8O8/c23-13(2-1-7-27-22(25)26)18(34)30-16(10-31)20(36)28-14(8-11-3-5-12(32)6-4-11)19(35)29-15(21(37)38)9-17(24)33/h3-6,13-16,31-32H,1-2,7-10,23H2,(H2,24,33)(H,28,36)(H,29,35)(H,30,34)(H,37,38)(H4,25,26,27). The van der Waals surface area contributed by atoms with Crippen molar-refractivity contribution >= 4 is 35.6 Å². The number of phenolic OH excluding ortho intramolecular Hbond substituents is 1. The molecule has 16 heteroatoms. The van der Waals surface area contributed by atoms with E-state index in [1.165, 1.54) is 24.3 Å². The summed E-state index contributed by atoms with van der Waals surface area (Å²) in [5.74, 6) is -5.36. The van der Waals surface area contributed by atoms with E-state index in [-0.39, 0.29) is 31.1 Å². The Hall–Kier alpha value is -4.44. The molecule has 0 fully saturated rings. The van der Waals surface area contributed by atoms with Gasteiger partial charge in [0.25, 0.3) is 0 Å². The lowest BCUT2D eigenvalue weighted by Crippen LogP contribution is -2.58. The maximum atomic E-state index is 12.9. The van der Waals surface area contributed by atoms with Gasteiger partial charge in [-0.2, -0.15) is 0 Å². The fourth-order valence-corrected chi connectivity index (χ4v) is 3.15. The molecule has 4 amide bonds.